The minimum atomic E-state index is -1.28. The molecule has 4 heteroatoms. The standard InChI is InChI=1S/C16H16F2O2/c1-10(2)20-15-6-4-3-5-12(15)16(19)13-9-11(17)7-8-14(13)18/h3-10,16,19H,1-2H3. The fraction of sp³-hybridized carbons (Fsp3) is 0.250. The number of ether oxygens (including phenoxy) is 1. The van der Waals surface area contributed by atoms with E-state index < -0.39 is 17.7 Å². The predicted molar refractivity (Wildman–Crippen MR) is 72.6 cm³/mol. The average molecular weight is 278 g/mol. The van der Waals surface area contributed by atoms with Crippen molar-refractivity contribution in [2.75, 3.05) is 0 Å². The average Bonchev–Trinajstić information content (AvgIpc) is 2.41. The maximum atomic E-state index is 13.7. The summed E-state index contributed by atoms with van der Waals surface area (Å²) in [6.07, 6.45) is -1.36. The third kappa shape index (κ3) is 3.14. The van der Waals surface area contributed by atoms with Gasteiger partial charge in [-0.3, -0.25) is 0 Å². The molecule has 1 atom stereocenters. The van der Waals surface area contributed by atoms with Crippen molar-refractivity contribution >= 4 is 0 Å². The van der Waals surface area contributed by atoms with Gasteiger partial charge in [-0.25, -0.2) is 8.78 Å². The normalized spacial score (nSPS) is 12.5. The summed E-state index contributed by atoms with van der Waals surface area (Å²) in [5, 5.41) is 10.3. The van der Waals surface area contributed by atoms with E-state index in [1.165, 1.54) is 0 Å². The van der Waals surface area contributed by atoms with Crippen molar-refractivity contribution in [1.29, 1.82) is 0 Å². The Hall–Kier alpha value is -1.94. The molecule has 0 aromatic heterocycles. The molecule has 20 heavy (non-hydrogen) atoms. The fourth-order valence-electron chi connectivity index (χ4n) is 1.96. The fourth-order valence-corrected chi connectivity index (χ4v) is 1.96. The summed E-state index contributed by atoms with van der Waals surface area (Å²) in [4.78, 5) is 0. The number of aliphatic hydroxyl groups is 1. The van der Waals surface area contributed by atoms with Crippen LogP contribution in [0.15, 0.2) is 42.5 Å². The number of hydrogen-bond donors (Lipinski definition) is 1. The highest BCUT2D eigenvalue weighted by Crippen LogP contribution is 2.32. The summed E-state index contributed by atoms with van der Waals surface area (Å²) >= 11 is 0. The molecule has 0 saturated heterocycles. The van der Waals surface area contributed by atoms with Crippen molar-refractivity contribution in [2.45, 2.75) is 26.1 Å². The van der Waals surface area contributed by atoms with Gasteiger partial charge in [-0.05, 0) is 38.1 Å². The molecule has 0 radical (unpaired) electrons. The molecule has 1 unspecified atom stereocenters. The van der Waals surface area contributed by atoms with Gasteiger partial charge in [-0.2, -0.15) is 0 Å². The van der Waals surface area contributed by atoms with Crippen molar-refractivity contribution in [3.63, 3.8) is 0 Å². The van der Waals surface area contributed by atoms with E-state index in [1.54, 1.807) is 24.3 Å². The van der Waals surface area contributed by atoms with Crippen LogP contribution in [0.25, 0.3) is 0 Å². The van der Waals surface area contributed by atoms with Crippen LogP contribution in [-0.4, -0.2) is 11.2 Å². The summed E-state index contributed by atoms with van der Waals surface area (Å²) in [7, 11) is 0. The number of aliphatic hydroxyl groups excluding tert-OH is 1. The molecule has 106 valence electrons. The van der Waals surface area contributed by atoms with Crippen LogP contribution in [0, 0.1) is 11.6 Å². The highest BCUT2D eigenvalue weighted by atomic mass is 19.1. The third-order valence-electron chi connectivity index (χ3n) is 2.83. The largest absolute Gasteiger partial charge is 0.491 e. The highest BCUT2D eigenvalue weighted by molar-refractivity contribution is 5.40. The van der Waals surface area contributed by atoms with Gasteiger partial charge in [-0.1, -0.05) is 18.2 Å². The van der Waals surface area contributed by atoms with Crippen molar-refractivity contribution in [2.24, 2.45) is 0 Å². The van der Waals surface area contributed by atoms with Crippen LogP contribution in [0.2, 0.25) is 0 Å². The second kappa shape index (κ2) is 6.01. The maximum Gasteiger partial charge on any atom is 0.129 e. The van der Waals surface area contributed by atoms with Crippen LogP contribution in [0.4, 0.5) is 8.78 Å². The molecule has 2 aromatic carbocycles. The molecule has 0 aliphatic rings. The van der Waals surface area contributed by atoms with E-state index in [-0.39, 0.29) is 11.7 Å². The van der Waals surface area contributed by atoms with Gasteiger partial charge in [0.25, 0.3) is 0 Å². The molecule has 0 spiro atoms. The number of para-hydroxylation sites is 1. The molecule has 0 amide bonds. The molecule has 0 aliphatic heterocycles. The van der Waals surface area contributed by atoms with Crippen molar-refractivity contribution < 1.29 is 18.6 Å². The smallest absolute Gasteiger partial charge is 0.129 e. The van der Waals surface area contributed by atoms with Gasteiger partial charge in [0.05, 0.1) is 6.10 Å². The number of halogens is 2. The Kier molecular flexibility index (Phi) is 4.35. The van der Waals surface area contributed by atoms with E-state index >= 15 is 0 Å². The van der Waals surface area contributed by atoms with Gasteiger partial charge >= 0.3 is 0 Å². The second-order valence-corrected chi connectivity index (χ2v) is 4.77. The zero-order valence-electron chi connectivity index (χ0n) is 11.3. The van der Waals surface area contributed by atoms with E-state index in [4.69, 9.17) is 4.74 Å². The first-order valence-corrected chi connectivity index (χ1v) is 6.37. The van der Waals surface area contributed by atoms with Crippen LogP contribution >= 0.6 is 0 Å². The van der Waals surface area contributed by atoms with Crippen molar-refractivity contribution in [3.05, 3.63) is 65.2 Å². The first-order chi connectivity index (χ1) is 9.49. The monoisotopic (exact) mass is 278 g/mol. The highest BCUT2D eigenvalue weighted by Gasteiger charge is 2.19. The Balaban J connectivity index is 2.42. The van der Waals surface area contributed by atoms with Gasteiger partial charge in [0.15, 0.2) is 0 Å². The zero-order chi connectivity index (χ0) is 14.7. The molecule has 2 rings (SSSR count). The molecule has 0 heterocycles. The second-order valence-electron chi connectivity index (χ2n) is 4.77. The predicted octanol–water partition coefficient (Wildman–Crippen LogP) is 3.83. The van der Waals surface area contributed by atoms with Crippen LogP contribution < -0.4 is 4.74 Å². The molecule has 0 fully saturated rings. The van der Waals surface area contributed by atoms with Gasteiger partial charge in [-0.15, -0.1) is 0 Å². The number of benzene rings is 2. The first-order valence-electron chi connectivity index (χ1n) is 6.37. The minimum absolute atomic E-state index is 0.0827. The molecule has 1 N–H and O–H groups in total. The summed E-state index contributed by atoms with van der Waals surface area (Å²) in [6.45, 7) is 3.71. The van der Waals surface area contributed by atoms with Gasteiger partial charge in [0, 0.05) is 11.1 Å². The van der Waals surface area contributed by atoms with Crippen molar-refractivity contribution in [3.8, 4) is 5.75 Å². The molecular weight excluding hydrogens is 262 g/mol. The van der Waals surface area contributed by atoms with Gasteiger partial charge < -0.3 is 9.84 Å². The molecule has 2 nitrogen and oxygen atoms in total. The Morgan fingerprint density at radius 1 is 1.00 bits per heavy atom. The van der Waals surface area contributed by atoms with Crippen LogP contribution in [0.1, 0.15) is 31.1 Å². The number of rotatable bonds is 4. The van der Waals surface area contributed by atoms with E-state index in [0.717, 1.165) is 18.2 Å². The van der Waals surface area contributed by atoms with E-state index in [0.29, 0.717) is 11.3 Å². The summed E-state index contributed by atoms with van der Waals surface area (Å²) < 4.78 is 32.5. The van der Waals surface area contributed by atoms with Crippen molar-refractivity contribution in [1.82, 2.24) is 0 Å². The van der Waals surface area contributed by atoms with Gasteiger partial charge in [0.1, 0.15) is 23.5 Å². The molecule has 0 saturated carbocycles. The van der Waals surface area contributed by atoms with Crippen LogP contribution in [-0.2, 0) is 0 Å². The molecular formula is C16H16F2O2. The van der Waals surface area contributed by atoms with Crippen LogP contribution in [0.3, 0.4) is 0 Å². The quantitative estimate of drug-likeness (QED) is 0.921. The summed E-state index contributed by atoms with van der Waals surface area (Å²) in [5.41, 5.74) is 0.301. The van der Waals surface area contributed by atoms with E-state index in [2.05, 4.69) is 0 Å². The first kappa shape index (κ1) is 14.5. The lowest BCUT2D eigenvalue weighted by molar-refractivity contribution is 0.194. The lowest BCUT2D eigenvalue weighted by Crippen LogP contribution is -2.10. The molecule has 0 bridgehead atoms. The SMILES string of the molecule is CC(C)Oc1ccccc1C(O)c1cc(F)ccc1F. The topological polar surface area (TPSA) is 29.5 Å². The lowest BCUT2D eigenvalue weighted by Gasteiger charge is -2.18. The Bertz CT molecular complexity index is 597. The molecule has 0 aliphatic carbocycles. The minimum Gasteiger partial charge on any atom is -0.491 e. The Morgan fingerprint density at radius 3 is 2.40 bits per heavy atom. The summed E-state index contributed by atoms with van der Waals surface area (Å²) in [5.74, 6) is -0.792. The van der Waals surface area contributed by atoms with Crippen LogP contribution in [0.5, 0.6) is 5.75 Å². The Labute approximate surface area is 116 Å². The summed E-state index contributed by atoms with van der Waals surface area (Å²) in [6, 6.07) is 9.80. The lowest BCUT2D eigenvalue weighted by atomic mass is 10.00. The third-order valence-corrected chi connectivity index (χ3v) is 2.83. The van der Waals surface area contributed by atoms with E-state index in [1.807, 2.05) is 13.8 Å². The Morgan fingerprint density at radius 2 is 1.70 bits per heavy atom. The van der Waals surface area contributed by atoms with Gasteiger partial charge in [0.2, 0.25) is 0 Å². The van der Waals surface area contributed by atoms with E-state index in [9.17, 15) is 13.9 Å². The maximum absolute atomic E-state index is 13.7. The number of hydrogen-bond acceptors (Lipinski definition) is 2. The molecule has 2 aromatic rings. The zero-order valence-corrected chi connectivity index (χ0v) is 11.3.